The number of aliphatic hydroxyl groups excluding tert-OH is 2. The number of fused-ring (bicyclic) bond motifs is 1. The van der Waals surface area contributed by atoms with Crippen LogP contribution in [0.4, 0.5) is 24.5 Å². The molecule has 1 aliphatic heterocycles. The highest BCUT2D eigenvalue weighted by molar-refractivity contribution is 6.05. The molecule has 2 aromatic heterocycles. The van der Waals surface area contributed by atoms with Gasteiger partial charge in [-0.3, -0.25) is 9.78 Å². The van der Waals surface area contributed by atoms with Gasteiger partial charge >= 0.3 is 0 Å². The highest BCUT2D eigenvalue weighted by atomic mass is 19.1. The summed E-state index contributed by atoms with van der Waals surface area (Å²) in [4.78, 5) is 23.7. The van der Waals surface area contributed by atoms with Gasteiger partial charge in [0.05, 0.1) is 41.5 Å². The molecular weight excluding hydrogens is 499 g/mol. The number of aliphatic hydroxyl groups is 2. The highest BCUT2D eigenvalue weighted by Crippen LogP contribution is 2.41. The van der Waals surface area contributed by atoms with E-state index in [2.05, 4.69) is 27.1 Å². The van der Waals surface area contributed by atoms with Gasteiger partial charge in [-0.15, -0.1) is 0 Å². The first kappa shape index (κ1) is 26.1. The predicted molar refractivity (Wildman–Crippen MR) is 135 cm³/mol. The van der Waals surface area contributed by atoms with Crippen LogP contribution in [0.25, 0.3) is 11.3 Å². The van der Waals surface area contributed by atoms with Crippen LogP contribution in [0, 0.1) is 23.4 Å². The SMILES string of the molecule is CC1CC(N)CN(c2c(NC(=O)c3ccc(F)c(-c4c(F)cc(CO)cc4F)n3)cnc3c2CCC3O)C1. The molecule has 11 heteroatoms. The molecule has 8 nitrogen and oxygen atoms in total. The van der Waals surface area contributed by atoms with Crippen LogP contribution in [0.5, 0.6) is 0 Å². The molecule has 3 atom stereocenters. The fraction of sp³-hybridized carbons (Fsp3) is 0.370. The number of amides is 1. The summed E-state index contributed by atoms with van der Waals surface area (Å²) >= 11 is 0. The smallest absolute Gasteiger partial charge is 0.274 e. The number of piperidine rings is 1. The molecule has 200 valence electrons. The summed E-state index contributed by atoms with van der Waals surface area (Å²) in [5.41, 5.74) is 7.09. The van der Waals surface area contributed by atoms with E-state index in [1.807, 2.05) is 0 Å². The van der Waals surface area contributed by atoms with E-state index in [0.29, 0.717) is 43.2 Å². The van der Waals surface area contributed by atoms with Gasteiger partial charge in [0.15, 0.2) is 0 Å². The molecule has 0 spiro atoms. The maximum absolute atomic E-state index is 14.6. The Morgan fingerprint density at radius 1 is 1.18 bits per heavy atom. The van der Waals surface area contributed by atoms with Crippen LogP contribution in [0.2, 0.25) is 0 Å². The largest absolute Gasteiger partial charge is 0.392 e. The average Bonchev–Trinajstić information content (AvgIpc) is 3.24. The molecule has 1 aliphatic carbocycles. The van der Waals surface area contributed by atoms with Crippen molar-refractivity contribution < 1.29 is 28.2 Å². The summed E-state index contributed by atoms with van der Waals surface area (Å²) in [6.07, 6.45) is 2.71. The lowest BCUT2D eigenvalue weighted by molar-refractivity contribution is 0.102. The Morgan fingerprint density at radius 2 is 1.92 bits per heavy atom. The molecule has 0 radical (unpaired) electrons. The van der Waals surface area contributed by atoms with Gasteiger partial charge in [0, 0.05) is 24.7 Å². The van der Waals surface area contributed by atoms with Gasteiger partial charge in [0.1, 0.15) is 28.8 Å². The van der Waals surface area contributed by atoms with Crippen LogP contribution in [-0.2, 0) is 13.0 Å². The minimum absolute atomic E-state index is 0.0217. The fourth-order valence-electron chi connectivity index (χ4n) is 5.42. The van der Waals surface area contributed by atoms with Gasteiger partial charge < -0.3 is 26.2 Å². The molecular formula is C27H28F3N5O3. The van der Waals surface area contributed by atoms with E-state index in [1.165, 1.54) is 6.20 Å². The molecule has 1 saturated heterocycles. The number of anilines is 2. The first-order valence-corrected chi connectivity index (χ1v) is 12.4. The number of nitrogens with two attached hydrogens (primary N) is 1. The normalized spacial score (nSPS) is 20.9. The summed E-state index contributed by atoms with van der Waals surface area (Å²) in [5.74, 6) is -3.66. The minimum atomic E-state index is -1.11. The molecule has 38 heavy (non-hydrogen) atoms. The number of hydrogen-bond acceptors (Lipinski definition) is 7. The van der Waals surface area contributed by atoms with Crippen molar-refractivity contribution in [3.8, 4) is 11.3 Å². The van der Waals surface area contributed by atoms with E-state index in [1.54, 1.807) is 0 Å². The second-order valence-corrected chi connectivity index (χ2v) is 10.0. The van der Waals surface area contributed by atoms with E-state index in [0.717, 1.165) is 41.9 Å². The lowest BCUT2D eigenvalue weighted by Crippen LogP contribution is -2.47. The molecule has 0 bridgehead atoms. The second kappa shape index (κ2) is 10.3. The van der Waals surface area contributed by atoms with Crippen LogP contribution in [-0.4, -0.2) is 45.2 Å². The summed E-state index contributed by atoms with van der Waals surface area (Å²) in [6.45, 7) is 2.75. The predicted octanol–water partition coefficient (Wildman–Crippen LogP) is 3.46. The van der Waals surface area contributed by atoms with Crippen molar-refractivity contribution in [2.45, 2.75) is 44.9 Å². The zero-order valence-corrected chi connectivity index (χ0v) is 20.7. The molecule has 1 fully saturated rings. The summed E-state index contributed by atoms with van der Waals surface area (Å²) < 4.78 is 43.9. The number of carbonyl (C=O) groups excluding carboxylic acids is 1. The van der Waals surface area contributed by atoms with E-state index >= 15 is 0 Å². The van der Waals surface area contributed by atoms with Crippen LogP contribution < -0.4 is 16.0 Å². The van der Waals surface area contributed by atoms with Crippen molar-refractivity contribution in [3.63, 3.8) is 0 Å². The zero-order valence-electron chi connectivity index (χ0n) is 20.7. The van der Waals surface area contributed by atoms with Crippen molar-refractivity contribution >= 4 is 17.3 Å². The molecule has 3 heterocycles. The molecule has 5 rings (SSSR count). The van der Waals surface area contributed by atoms with Crippen molar-refractivity contribution in [1.82, 2.24) is 9.97 Å². The fourth-order valence-corrected chi connectivity index (χ4v) is 5.42. The van der Waals surface area contributed by atoms with Crippen LogP contribution in [0.15, 0.2) is 30.5 Å². The van der Waals surface area contributed by atoms with Gasteiger partial charge in [-0.25, -0.2) is 18.2 Å². The number of nitrogens with one attached hydrogen (secondary N) is 1. The lowest BCUT2D eigenvalue weighted by Gasteiger charge is -2.38. The van der Waals surface area contributed by atoms with Gasteiger partial charge in [-0.2, -0.15) is 0 Å². The summed E-state index contributed by atoms with van der Waals surface area (Å²) in [6, 6.07) is 3.73. The standard InChI is InChI=1S/C27H28F3N5O3/c1-13-6-15(31)11-35(10-13)26-16-2-5-22(37)24(16)32-9-21(26)34-27(38)20-4-3-17(28)25(33-20)23-18(29)7-14(12-36)8-19(23)30/h3-4,7-9,13,15,22,36-37H,2,5-6,10-12,31H2,1H3,(H,34,38). The average molecular weight is 528 g/mol. The molecule has 2 aliphatic rings. The van der Waals surface area contributed by atoms with Gasteiger partial charge in [-0.1, -0.05) is 6.92 Å². The third-order valence-corrected chi connectivity index (χ3v) is 7.02. The summed E-state index contributed by atoms with van der Waals surface area (Å²) in [7, 11) is 0. The topological polar surface area (TPSA) is 125 Å². The lowest BCUT2D eigenvalue weighted by atomic mass is 9.95. The third-order valence-electron chi connectivity index (χ3n) is 7.02. The maximum atomic E-state index is 14.6. The van der Waals surface area contributed by atoms with Crippen molar-refractivity contribution in [3.05, 3.63) is 70.4 Å². The molecule has 0 saturated carbocycles. The molecule has 1 amide bonds. The highest BCUT2D eigenvalue weighted by Gasteiger charge is 2.32. The number of benzene rings is 1. The van der Waals surface area contributed by atoms with Gasteiger partial charge in [0.2, 0.25) is 0 Å². The van der Waals surface area contributed by atoms with Crippen molar-refractivity contribution in [2.75, 3.05) is 23.3 Å². The van der Waals surface area contributed by atoms with Crippen molar-refractivity contribution in [2.24, 2.45) is 11.7 Å². The summed E-state index contributed by atoms with van der Waals surface area (Å²) in [5, 5.41) is 22.3. The molecule has 3 unspecified atom stereocenters. The number of halogens is 3. The van der Waals surface area contributed by atoms with E-state index < -0.39 is 47.3 Å². The Bertz CT molecular complexity index is 1370. The maximum Gasteiger partial charge on any atom is 0.274 e. The van der Waals surface area contributed by atoms with E-state index in [9.17, 15) is 28.2 Å². The van der Waals surface area contributed by atoms with Crippen LogP contribution in [0.1, 0.15) is 53.2 Å². The van der Waals surface area contributed by atoms with Crippen LogP contribution in [0.3, 0.4) is 0 Å². The zero-order chi connectivity index (χ0) is 27.1. The Kier molecular flexibility index (Phi) is 7.08. The molecule has 3 aromatic rings. The Balaban J connectivity index is 1.51. The number of hydrogen-bond donors (Lipinski definition) is 4. The molecule has 5 N–H and O–H groups in total. The quantitative estimate of drug-likeness (QED) is 0.401. The van der Waals surface area contributed by atoms with Gasteiger partial charge in [0.25, 0.3) is 5.91 Å². The Hall–Kier alpha value is -3.54. The first-order valence-electron chi connectivity index (χ1n) is 12.4. The minimum Gasteiger partial charge on any atom is -0.392 e. The number of pyridine rings is 2. The first-order chi connectivity index (χ1) is 18.2. The Morgan fingerprint density at radius 3 is 2.61 bits per heavy atom. The monoisotopic (exact) mass is 527 g/mol. The van der Waals surface area contributed by atoms with E-state index in [4.69, 9.17) is 5.73 Å². The van der Waals surface area contributed by atoms with Crippen molar-refractivity contribution in [1.29, 1.82) is 0 Å². The van der Waals surface area contributed by atoms with Crippen LogP contribution >= 0.6 is 0 Å². The number of rotatable bonds is 5. The number of aromatic nitrogens is 2. The van der Waals surface area contributed by atoms with E-state index in [-0.39, 0.29) is 17.3 Å². The number of carbonyl (C=O) groups is 1. The third kappa shape index (κ3) is 4.84. The second-order valence-electron chi connectivity index (χ2n) is 10.0. The molecule has 1 aromatic carbocycles. The number of nitrogens with zero attached hydrogens (tertiary/aromatic N) is 3. The van der Waals surface area contributed by atoms with Gasteiger partial charge in [-0.05, 0) is 55.0 Å². The Labute approximate surface area is 217 Å².